The minimum Gasteiger partial charge on any atom is -0.356 e. The van der Waals surface area contributed by atoms with Crippen LogP contribution in [0, 0.1) is 12.7 Å². The number of fused-ring (bicyclic) bond motifs is 1. The van der Waals surface area contributed by atoms with E-state index in [1.807, 2.05) is 32.2 Å². The van der Waals surface area contributed by atoms with E-state index in [1.165, 1.54) is 22.5 Å². The largest absolute Gasteiger partial charge is 0.356 e. The smallest absolute Gasteiger partial charge is 0.264 e. The first-order chi connectivity index (χ1) is 14.8. The van der Waals surface area contributed by atoms with Crippen LogP contribution in [-0.2, 0) is 10.0 Å². The molecule has 5 nitrogen and oxygen atoms in total. The second-order valence-corrected chi connectivity index (χ2v) is 9.90. The number of halogens is 2. The van der Waals surface area contributed by atoms with Gasteiger partial charge in [0.25, 0.3) is 10.0 Å². The second kappa shape index (κ2) is 8.49. The summed E-state index contributed by atoms with van der Waals surface area (Å²) in [7, 11) is -1.97. The molecule has 1 aliphatic carbocycles. The highest BCUT2D eigenvalue weighted by Crippen LogP contribution is 2.38. The molecule has 0 fully saturated rings. The van der Waals surface area contributed by atoms with Gasteiger partial charge in [-0.15, -0.1) is 0 Å². The van der Waals surface area contributed by atoms with Crippen molar-refractivity contribution in [2.24, 2.45) is 0 Å². The van der Waals surface area contributed by atoms with Crippen LogP contribution in [0.3, 0.4) is 0 Å². The number of rotatable bonds is 6. The first kappa shape index (κ1) is 21.6. The number of benzene rings is 2. The number of sulfonamides is 1. The Hall–Kier alpha value is -2.61. The van der Waals surface area contributed by atoms with Gasteiger partial charge in [-0.1, -0.05) is 23.7 Å². The third-order valence-corrected chi connectivity index (χ3v) is 7.41. The van der Waals surface area contributed by atoms with Gasteiger partial charge in [-0.25, -0.2) is 12.8 Å². The van der Waals surface area contributed by atoms with Crippen molar-refractivity contribution in [3.8, 4) is 0 Å². The summed E-state index contributed by atoms with van der Waals surface area (Å²) in [5.41, 5.74) is 3.78. The number of hydrogen-bond donors (Lipinski definition) is 2. The van der Waals surface area contributed by atoms with Crippen LogP contribution in [0.4, 0.5) is 10.1 Å². The molecule has 0 bridgehead atoms. The zero-order valence-corrected chi connectivity index (χ0v) is 18.8. The Morgan fingerprint density at radius 1 is 1.16 bits per heavy atom. The van der Waals surface area contributed by atoms with E-state index in [-0.39, 0.29) is 10.7 Å². The third kappa shape index (κ3) is 4.26. The van der Waals surface area contributed by atoms with Gasteiger partial charge in [-0.05, 0) is 73.2 Å². The molecule has 0 saturated heterocycles. The Morgan fingerprint density at radius 3 is 2.58 bits per heavy atom. The van der Waals surface area contributed by atoms with Crippen molar-refractivity contribution in [3.63, 3.8) is 0 Å². The van der Waals surface area contributed by atoms with Gasteiger partial charge in [-0.3, -0.25) is 4.31 Å². The van der Waals surface area contributed by atoms with E-state index in [4.69, 9.17) is 11.6 Å². The summed E-state index contributed by atoms with van der Waals surface area (Å²) in [5.74, 6) is -0.346. The maximum absolute atomic E-state index is 14.3. The maximum atomic E-state index is 14.3. The minimum absolute atomic E-state index is 0.173. The quantitative estimate of drug-likeness (QED) is 0.663. The van der Waals surface area contributed by atoms with Crippen LogP contribution in [0.25, 0.3) is 0 Å². The van der Waals surface area contributed by atoms with E-state index in [2.05, 4.69) is 10.6 Å². The lowest BCUT2D eigenvalue weighted by Crippen LogP contribution is -2.35. The molecular weight excluding hydrogens is 437 g/mol. The van der Waals surface area contributed by atoms with Crippen molar-refractivity contribution in [1.29, 1.82) is 0 Å². The van der Waals surface area contributed by atoms with Crippen LogP contribution in [0.1, 0.15) is 12.0 Å². The zero-order valence-electron chi connectivity index (χ0n) is 17.2. The molecule has 162 valence electrons. The predicted molar refractivity (Wildman–Crippen MR) is 122 cm³/mol. The first-order valence-electron chi connectivity index (χ1n) is 9.88. The number of hydrogen-bond acceptors (Lipinski definition) is 4. The normalized spacial score (nSPS) is 18.3. The molecule has 2 aliphatic rings. The monoisotopic (exact) mass is 459 g/mol. The molecule has 2 aromatic rings. The predicted octanol–water partition coefficient (Wildman–Crippen LogP) is 4.59. The third-order valence-electron chi connectivity index (χ3n) is 5.37. The number of aryl methyl sites for hydroxylation is 1. The van der Waals surface area contributed by atoms with Gasteiger partial charge >= 0.3 is 0 Å². The molecule has 1 unspecified atom stereocenters. The lowest BCUT2D eigenvalue weighted by Gasteiger charge is -2.29. The number of nitrogens with one attached hydrogen (secondary N) is 2. The van der Waals surface area contributed by atoms with E-state index in [9.17, 15) is 12.8 Å². The van der Waals surface area contributed by atoms with Gasteiger partial charge < -0.3 is 10.6 Å². The Kier molecular flexibility index (Phi) is 5.92. The van der Waals surface area contributed by atoms with Crippen molar-refractivity contribution in [2.45, 2.75) is 24.3 Å². The molecule has 1 heterocycles. The van der Waals surface area contributed by atoms with Gasteiger partial charge in [0.2, 0.25) is 0 Å². The molecule has 0 spiro atoms. The highest BCUT2D eigenvalue weighted by molar-refractivity contribution is 7.89. The fourth-order valence-corrected chi connectivity index (χ4v) is 5.48. The molecule has 1 aliphatic heterocycles. The average molecular weight is 460 g/mol. The van der Waals surface area contributed by atoms with Crippen LogP contribution < -0.4 is 10.6 Å². The number of nitrogens with zero attached hydrogens (tertiary/aromatic N) is 1. The van der Waals surface area contributed by atoms with Crippen LogP contribution >= 0.6 is 11.6 Å². The first-order valence-corrected chi connectivity index (χ1v) is 11.7. The molecule has 31 heavy (non-hydrogen) atoms. The molecule has 0 amide bonds. The van der Waals surface area contributed by atoms with E-state index in [0.29, 0.717) is 23.7 Å². The highest BCUT2D eigenvalue weighted by atomic mass is 35.5. The molecule has 1 atom stereocenters. The molecular formula is C23H23ClFN3O2S. The molecule has 2 N–H and O–H groups in total. The van der Waals surface area contributed by atoms with E-state index in [1.54, 1.807) is 24.4 Å². The summed E-state index contributed by atoms with van der Waals surface area (Å²) < 4.78 is 42.5. The highest BCUT2D eigenvalue weighted by Gasteiger charge is 2.39. The molecule has 2 aromatic carbocycles. The fraction of sp³-hybridized carbons (Fsp3) is 0.217. The minimum atomic E-state index is -3.79. The van der Waals surface area contributed by atoms with Crippen LogP contribution in [0.5, 0.6) is 0 Å². The van der Waals surface area contributed by atoms with Crippen molar-refractivity contribution >= 4 is 27.3 Å². The van der Waals surface area contributed by atoms with E-state index < -0.39 is 16.1 Å². The van der Waals surface area contributed by atoms with Crippen molar-refractivity contribution in [2.75, 3.05) is 18.9 Å². The topological polar surface area (TPSA) is 61.4 Å². The summed E-state index contributed by atoms with van der Waals surface area (Å²) in [6.45, 7) is 2.37. The number of likely N-dealkylation sites (N-methyl/N-ethyl adjacent to an activating group) is 1. The van der Waals surface area contributed by atoms with E-state index in [0.717, 1.165) is 22.4 Å². The standard InChI is InChI=1S/C23H23ClFN3O2S/c1-15-3-10-22(21(25)11-15)27-18-6-9-20-16(13-26-2)14-28(23(20)12-18)31(29,30)19-7-4-17(24)5-8-19/h3-11,14,23,26-27H,12-13H2,1-2H3. The summed E-state index contributed by atoms with van der Waals surface area (Å²) >= 11 is 5.93. The maximum Gasteiger partial charge on any atom is 0.264 e. The zero-order chi connectivity index (χ0) is 22.2. The van der Waals surface area contributed by atoms with Crippen LogP contribution in [0.15, 0.2) is 82.6 Å². The molecule has 0 radical (unpaired) electrons. The number of allylic oxidation sites excluding steroid dienone is 2. The Bertz CT molecular complexity index is 1200. The molecule has 8 heteroatoms. The van der Waals surface area contributed by atoms with Gasteiger partial charge in [-0.2, -0.15) is 0 Å². The Labute approximate surface area is 187 Å². The van der Waals surface area contributed by atoms with Gasteiger partial charge in [0.15, 0.2) is 0 Å². The summed E-state index contributed by atoms with van der Waals surface area (Å²) in [6.07, 6.45) is 5.87. The average Bonchev–Trinajstić information content (AvgIpc) is 3.09. The van der Waals surface area contributed by atoms with Gasteiger partial charge in [0, 0.05) is 29.9 Å². The Morgan fingerprint density at radius 2 is 1.90 bits per heavy atom. The van der Waals surface area contributed by atoms with Gasteiger partial charge in [0.1, 0.15) is 5.82 Å². The molecule has 0 saturated carbocycles. The van der Waals surface area contributed by atoms with Crippen molar-refractivity contribution < 1.29 is 12.8 Å². The van der Waals surface area contributed by atoms with Crippen LogP contribution in [-0.4, -0.2) is 32.4 Å². The lowest BCUT2D eigenvalue weighted by atomic mass is 9.94. The lowest BCUT2D eigenvalue weighted by molar-refractivity contribution is 0.450. The van der Waals surface area contributed by atoms with E-state index >= 15 is 0 Å². The van der Waals surface area contributed by atoms with Gasteiger partial charge in [0.05, 0.1) is 16.6 Å². The Balaban J connectivity index is 1.66. The number of anilines is 1. The summed E-state index contributed by atoms with van der Waals surface area (Å²) in [6, 6.07) is 10.7. The second-order valence-electron chi connectivity index (χ2n) is 7.62. The molecule has 0 aromatic heterocycles. The van der Waals surface area contributed by atoms with Crippen molar-refractivity contribution in [3.05, 3.63) is 94.1 Å². The summed E-state index contributed by atoms with van der Waals surface area (Å²) in [4.78, 5) is 0.173. The summed E-state index contributed by atoms with van der Waals surface area (Å²) in [5, 5.41) is 6.68. The fourth-order valence-electron chi connectivity index (χ4n) is 3.84. The SMILES string of the molecule is CNCC1=CN(S(=O)(=O)c2ccc(Cl)cc2)C2CC(Nc3ccc(C)cc3F)=CC=C12. The van der Waals surface area contributed by atoms with Crippen LogP contribution in [0.2, 0.25) is 5.02 Å². The van der Waals surface area contributed by atoms with Crippen molar-refractivity contribution in [1.82, 2.24) is 9.62 Å². The molecule has 4 rings (SSSR count).